The predicted molar refractivity (Wildman–Crippen MR) is 113 cm³/mol. The number of hydrogen-bond donors (Lipinski definition) is 2. The van der Waals surface area contributed by atoms with E-state index in [9.17, 15) is 0 Å². The van der Waals surface area contributed by atoms with Crippen molar-refractivity contribution in [3.05, 3.63) is 84.2 Å². The molecule has 13 heteroatoms. The molecule has 0 radical (unpaired) electrons. The molecule has 11 nitrogen and oxygen atoms in total. The van der Waals surface area contributed by atoms with Gasteiger partial charge in [0, 0.05) is 48.9 Å². The van der Waals surface area contributed by atoms with Gasteiger partial charge in [-0.15, -0.1) is 0 Å². The molecule has 4 rings (SSSR count). The summed E-state index contributed by atoms with van der Waals surface area (Å²) in [6, 6.07) is 25.8. The van der Waals surface area contributed by atoms with E-state index in [0.29, 0.717) is 13.2 Å². The lowest BCUT2D eigenvalue weighted by Crippen LogP contribution is -2.58. The van der Waals surface area contributed by atoms with Crippen molar-refractivity contribution in [2.45, 2.75) is 26.9 Å². The minimum atomic E-state index is -4.69. The van der Waals surface area contributed by atoms with Gasteiger partial charge < -0.3 is 4.74 Å². The smallest absolute Gasteiger partial charge is 0.212 e. The van der Waals surface area contributed by atoms with Gasteiger partial charge in [-0.1, -0.05) is 24.3 Å². The molecule has 0 aliphatic carbocycles. The molecule has 0 saturated carbocycles. The lowest BCUT2D eigenvalue weighted by Gasteiger charge is -2.07. The highest BCUT2D eigenvalue weighted by molar-refractivity contribution is 5.75. The average molecular weight is 559 g/mol. The number of benzene rings is 2. The van der Waals surface area contributed by atoms with Gasteiger partial charge in [-0.2, -0.15) is 37.1 Å². The summed E-state index contributed by atoms with van der Waals surface area (Å²) < 4.78 is 76.1. The molecule has 0 amide bonds. The number of ether oxygens (including phenoxy) is 1. The van der Waals surface area contributed by atoms with Crippen LogP contribution >= 0.6 is 0 Å². The number of halogens is 2. The standard InChI is InChI=1S/C24H26N2O.2ClHO4/c1-19-11-13-21-7-3-5-9-23(21)25(19)15-17-27-18-16-26-20(2)12-14-22-8-4-6-10-24(22)26;2*2-1(3,4)5/h3-14H,15-18H2,1-2H3;2*(H,2,3,4,5)/q+2;;. The fourth-order valence-corrected chi connectivity index (χ4v) is 3.74. The maximum Gasteiger partial charge on any atom is 0.212 e. The SMILES string of the molecule is Cc1ccc2ccccc2[n+]1CCOCC[n+]1c(C)ccc2ccccc21.[O-][Cl+3]([O-])([O-])O.[O-][Cl+3]([O-])([O-])O. The fraction of sp³-hybridized carbons (Fsp3) is 0.250. The third-order valence-electron chi connectivity index (χ3n) is 5.23. The van der Waals surface area contributed by atoms with E-state index in [0.717, 1.165) is 13.1 Å². The summed E-state index contributed by atoms with van der Waals surface area (Å²) in [5, 5.41) is 2.54. The first-order chi connectivity index (χ1) is 17.2. The first-order valence-electron chi connectivity index (χ1n) is 10.8. The van der Waals surface area contributed by atoms with Crippen LogP contribution in [0.15, 0.2) is 72.8 Å². The van der Waals surface area contributed by atoms with E-state index in [1.807, 2.05) is 0 Å². The third-order valence-corrected chi connectivity index (χ3v) is 5.23. The van der Waals surface area contributed by atoms with Crippen LogP contribution in [0.25, 0.3) is 21.8 Å². The number of hydrogen-bond acceptors (Lipinski definition) is 9. The van der Waals surface area contributed by atoms with Crippen LogP contribution in [-0.4, -0.2) is 22.5 Å². The maximum absolute atomic E-state index is 8.60. The molecule has 0 unspecified atom stereocenters. The topological polar surface area (TPSA) is 196 Å². The summed E-state index contributed by atoms with van der Waals surface area (Å²) in [5.41, 5.74) is 5.05. The van der Waals surface area contributed by atoms with Gasteiger partial charge in [-0.3, -0.25) is 0 Å². The summed E-state index contributed by atoms with van der Waals surface area (Å²) in [6.45, 7) is 7.47. The van der Waals surface area contributed by atoms with E-state index in [2.05, 4.69) is 95.8 Å². The summed E-state index contributed by atoms with van der Waals surface area (Å²) in [6.07, 6.45) is 0. The molecule has 4 aromatic rings. The Morgan fingerprint density at radius 1 is 0.595 bits per heavy atom. The predicted octanol–water partition coefficient (Wildman–Crippen LogP) is -4.35. The van der Waals surface area contributed by atoms with Crippen molar-refractivity contribution in [2.24, 2.45) is 0 Å². The van der Waals surface area contributed by atoms with Gasteiger partial charge in [0.25, 0.3) is 0 Å². The molecule has 200 valence electrons. The molecular weight excluding hydrogens is 531 g/mol. The zero-order valence-corrected chi connectivity index (χ0v) is 21.7. The molecule has 37 heavy (non-hydrogen) atoms. The van der Waals surface area contributed by atoms with Crippen molar-refractivity contribution in [3.8, 4) is 0 Å². The molecule has 2 aromatic carbocycles. The number of aromatic nitrogens is 2. The largest absolute Gasteiger partial charge is 0.368 e. The highest BCUT2D eigenvalue weighted by Gasteiger charge is 2.14. The fourth-order valence-electron chi connectivity index (χ4n) is 3.74. The molecule has 0 fully saturated rings. The molecule has 0 aliphatic rings. The zero-order valence-electron chi connectivity index (χ0n) is 20.2. The maximum atomic E-state index is 8.60. The first kappa shape index (κ1) is 30.7. The first-order valence-corrected chi connectivity index (χ1v) is 13.4. The summed E-state index contributed by atoms with van der Waals surface area (Å²) in [7, 11) is -9.39. The number of aryl methyl sites for hydroxylation is 2. The van der Waals surface area contributed by atoms with Crippen molar-refractivity contribution in [1.29, 1.82) is 0 Å². The minimum Gasteiger partial charge on any atom is -0.368 e. The van der Waals surface area contributed by atoms with Gasteiger partial charge in [0.1, 0.15) is 13.2 Å². The summed E-state index contributed by atoms with van der Waals surface area (Å²) >= 11 is 0. The van der Waals surface area contributed by atoms with E-state index < -0.39 is 20.5 Å². The molecule has 0 aliphatic heterocycles. The van der Waals surface area contributed by atoms with E-state index in [-0.39, 0.29) is 0 Å². The van der Waals surface area contributed by atoms with Gasteiger partial charge in [-0.25, -0.2) is 0 Å². The van der Waals surface area contributed by atoms with Gasteiger partial charge in [0.15, 0.2) is 24.5 Å². The number of pyridine rings is 2. The second-order valence-corrected chi connectivity index (χ2v) is 9.36. The molecule has 0 saturated heterocycles. The van der Waals surface area contributed by atoms with Gasteiger partial charge >= 0.3 is 0 Å². The Morgan fingerprint density at radius 3 is 1.27 bits per heavy atom. The molecular formula is C24H28Cl2N2O9+2. The quantitative estimate of drug-likeness (QED) is 0.173. The van der Waals surface area contributed by atoms with E-state index in [1.54, 1.807) is 0 Å². The number of fused-ring (bicyclic) bond motifs is 2. The van der Waals surface area contributed by atoms with Gasteiger partial charge in [0.05, 0.1) is 29.8 Å². The van der Waals surface area contributed by atoms with Crippen LogP contribution in [-0.2, 0) is 17.8 Å². The lowest BCUT2D eigenvalue weighted by atomic mass is 10.2. The minimum absolute atomic E-state index is 0.712. The van der Waals surface area contributed by atoms with Gasteiger partial charge in [-0.05, 0) is 24.3 Å². The second kappa shape index (κ2) is 13.9. The van der Waals surface area contributed by atoms with Crippen LogP contribution in [0.1, 0.15) is 11.4 Å². The van der Waals surface area contributed by atoms with E-state index in [1.165, 1.54) is 33.2 Å². The number of para-hydroxylation sites is 2. The molecule has 2 aromatic heterocycles. The van der Waals surface area contributed by atoms with Crippen LogP contribution in [0.5, 0.6) is 0 Å². The third kappa shape index (κ3) is 11.6. The Morgan fingerprint density at radius 2 is 0.919 bits per heavy atom. The van der Waals surface area contributed by atoms with Crippen molar-refractivity contribution >= 4 is 21.8 Å². The highest BCUT2D eigenvalue weighted by Crippen LogP contribution is 2.11. The van der Waals surface area contributed by atoms with Crippen LogP contribution in [0.3, 0.4) is 0 Å². The highest BCUT2D eigenvalue weighted by atomic mass is 35.7. The van der Waals surface area contributed by atoms with Crippen LogP contribution in [0.4, 0.5) is 0 Å². The lowest BCUT2D eigenvalue weighted by molar-refractivity contribution is -1.92. The van der Waals surface area contributed by atoms with Crippen molar-refractivity contribution < 1.29 is 71.6 Å². The van der Waals surface area contributed by atoms with E-state index >= 15 is 0 Å². The molecule has 0 bridgehead atoms. The van der Waals surface area contributed by atoms with Crippen molar-refractivity contribution in [2.75, 3.05) is 13.2 Å². The van der Waals surface area contributed by atoms with Crippen LogP contribution in [0, 0.1) is 34.3 Å². The van der Waals surface area contributed by atoms with Crippen LogP contribution in [0.2, 0.25) is 0 Å². The molecule has 2 heterocycles. The summed E-state index contributed by atoms with van der Waals surface area (Å²) in [4.78, 5) is 0. The molecule has 0 spiro atoms. The van der Waals surface area contributed by atoms with E-state index in [4.69, 9.17) is 42.0 Å². The van der Waals surface area contributed by atoms with Gasteiger partial charge in [0.2, 0.25) is 11.0 Å². The second-order valence-electron chi connectivity index (χ2n) is 7.77. The summed E-state index contributed by atoms with van der Waals surface area (Å²) in [5.74, 6) is 0. The van der Waals surface area contributed by atoms with Crippen molar-refractivity contribution in [1.82, 2.24) is 0 Å². The normalized spacial score (nSPS) is 11.5. The van der Waals surface area contributed by atoms with Crippen LogP contribution < -0.4 is 37.1 Å². The van der Waals surface area contributed by atoms with Crippen molar-refractivity contribution in [3.63, 3.8) is 0 Å². The Labute approximate surface area is 217 Å². The number of nitrogens with zero attached hydrogens (tertiary/aromatic N) is 2. The number of rotatable bonds is 6. The Balaban J connectivity index is 0.000000412. The Hall–Kier alpha value is -2.52. The molecule has 0 atom stereocenters. The average Bonchev–Trinajstić information content (AvgIpc) is 2.79. The Kier molecular flexibility index (Phi) is 11.5. The molecule has 2 N–H and O–H groups in total. The zero-order chi connectivity index (χ0) is 27.6. The monoisotopic (exact) mass is 558 g/mol. The Bertz CT molecular complexity index is 1180.